The van der Waals surface area contributed by atoms with Gasteiger partial charge in [0.25, 0.3) is 5.78 Å². The molecule has 0 unspecified atom stereocenters. The van der Waals surface area contributed by atoms with Gasteiger partial charge in [-0.15, -0.1) is 0 Å². The standard InChI is InChI=1S/C16H17N5/c1-4-12(2)13-8-5-6-9-14(13)18-16-19-15-17-10-7-11-21(15)20(16)3/h4-11H,1-3H3/b12-4-,18-16?. The Bertz CT molecular complexity index is 883. The van der Waals surface area contributed by atoms with Gasteiger partial charge >= 0.3 is 0 Å². The van der Waals surface area contributed by atoms with Crippen molar-refractivity contribution < 1.29 is 0 Å². The van der Waals surface area contributed by atoms with Gasteiger partial charge in [0.15, 0.2) is 0 Å². The fourth-order valence-corrected chi connectivity index (χ4v) is 2.19. The van der Waals surface area contributed by atoms with Crippen LogP contribution in [0, 0.1) is 0 Å². The number of fused-ring (bicyclic) bond motifs is 1. The van der Waals surface area contributed by atoms with Gasteiger partial charge in [-0.25, -0.2) is 19.2 Å². The van der Waals surface area contributed by atoms with Crippen LogP contribution in [-0.2, 0) is 7.05 Å². The number of para-hydroxylation sites is 1. The second-order valence-electron chi connectivity index (χ2n) is 4.80. The molecule has 0 amide bonds. The molecule has 2 aromatic heterocycles. The molecule has 106 valence electrons. The molecule has 2 heterocycles. The zero-order valence-corrected chi connectivity index (χ0v) is 12.4. The van der Waals surface area contributed by atoms with E-state index in [-0.39, 0.29) is 0 Å². The number of rotatable bonds is 2. The van der Waals surface area contributed by atoms with Gasteiger partial charge in [-0.1, -0.05) is 24.3 Å². The second-order valence-corrected chi connectivity index (χ2v) is 4.80. The number of aromatic nitrogens is 4. The van der Waals surface area contributed by atoms with E-state index in [0.717, 1.165) is 11.3 Å². The Labute approximate surface area is 122 Å². The van der Waals surface area contributed by atoms with E-state index in [1.807, 2.05) is 53.6 Å². The predicted octanol–water partition coefficient (Wildman–Crippen LogP) is 2.72. The first-order valence-corrected chi connectivity index (χ1v) is 6.84. The summed E-state index contributed by atoms with van der Waals surface area (Å²) in [6.45, 7) is 4.11. The van der Waals surface area contributed by atoms with E-state index < -0.39 is 0 Å². The van der Waals surface area contributed by atoms with E-state index in [1.54, 1.807) is 6.20 Å². The number of nitrogens with zero attached hydrogens (tertiary/aromatic N) is 5. The fraction of sp³-hybridized carbons (Fsp3) is 0.188. The summed E-state index contributed by atoms with van der Waals surface area (Å²) >= 11 is 0. The molecule has 21 heavy (non-hydrogen) atoms. The maximum Gasteiger partial charge on any atom is 0.252 e. The van der Waals surface area contributed by atoms with Crippen LogP contribution in [0.15, 0.2) is 53.8 Å². The molecule has 0 saturated heterocycles. The van der Waals surface area contributed by atoms with Crippen molar-refractivity contribution >= 4 is 17.0 Å². The summed E-state index contributed by atoms with van der Waals surface area (Å²) in [6, 6.07) is 9.95. The second kappa shape index (κ2) is 5.36. The van der Waals surface area contributed by atoms with Crippen molar-refractivity contribution in [1.29, 1.82) is 0 Å². The minimum atomic E-state index is 0.630. The van der Waals surface area contributed by atoms with Crippen LogP contribution in [0.3, 0.4) is 0 Å². The van der Waals surface area contributed by atoms with Crippen LogP contribution >= 0.6 is 0 Å². The molecule has 1 aromatic carbocycles. The third-order valence-corrected chi connectivity index (χ3v) is 3.50. The largest absolute Gasteiger partial charge is 0.252 e. The van der Waals surface area contributed by atoms with Gasteiger partial charge in [-0.05, 0) is 31.6 Å². The molecule has 5 nitrogen and oxygen atoms in total. The van der Waals surface area contributed by atoms with Gasteiger partial charge in [0, 0.05) is 25.0 Å². The minimum absolute atomic E-state index is 0.630. The molecule has 0 atom stereocenters. The summed E-state index contributed by atoms with van der Waals surface area (Å²) < 4.78 is 3.74. The minimum Gasteiger partial charge on any atom is -0.248 e. The summed E-state index contributed by atoms with van der Waals surface area (Å²) in [6.07, 6.45) is 5.72. The highest BCUT2D eigenvalue weighted by Crippen LogP contribution is 2.25. The van der Waals surface area contributed by atoms with Gasteiger partial charge in [0.2, 0.25) is 5.62 Å². The lowest BCUT2D eigenvalue weighted by molar-refractivity contribution is 0.660. The maximum absolute atomic E-state index is 4.70. The Hall–Kier alpha value is -2.69. The molecule has 0 saturated carbocycles. The van der Waals surface area contributed by atoms with Crippen molar-refractivity contribution in [3.63, 3.8) is 0 Å². The van der Waals surface area contributed by atoms with E-state index in [2.05, 4.69) is 29.0 Å². The van der Waals surface area contributed by atoms with Crippen molar-refractivity contribution in [2.75, 3.05) is 0 Å². The first-order valence-electron chi connectivity index (χ1n) is 6.84. The van der Waals surface area contributed by atoms with Crippen molar-refractivity contribution in [3.05, 3.63) is 60.0 Å². The smallest absolute Gasteiger partial charge is 0.248 e. The molecule has 0 spiro atoms. The monoisotopic (exact) mass is 279 g/mol. The van der Waals surface area contributed by atoms with Gasteiger partial charge < -0.3 is 0 Å². The normalized spacial score (nSPS) is 13.1. The number of aryl methyl sites for hydroxylation is 1. The summed E-state index contributed by atoms with van der Waals surface area (Å²) in [5, 5.41) is 0. The lowest BCUT2D eigenvalue weighted by Crippen LogP contribution is -2.18. The number of hydrogen-bond donors (Lipinski definition) is 0. The Morgan fingerprint density at radius 1 is 1.24 bits per heavy atom. The Morgan fingerprint density at radius 3 is 2.81 bits per heavy atom. The maximum atomic E-state index is 4.70. The predicted molar refractivity (Wildman–Crippen MR) is 82.9 cm³/mol. The lowest BCUT2D eigenvalue weighted by atomic mass is 10.1. The molecule has 0 aliphatic carbocycles. The quantitative estimate of drug-likeness (QED) is 0.724. The average molecular weight is 279 g/mol. The number of benzene rings is 1. The van der Waals surface area contributed by atoms with Crippen LogP contribution in [-0.4, -0.2) is 19.2 Å². The topological polar surface area (TPSA) is 47.5 Å². The molecule has 0 N–H and O–H groups in total. The lowest BCUT2D eigenvalue weighted by Gasteiger charge is -2.04. The van der Waals surface area contributed by atoms with Crippen LogP contribution < -0.4 is 5.62 Å². The van der Waals surface area contributed by atoms with Gasteiger partial charge in [0.05, 0.1) is 5.69 Å². The van der Waals surface area contributed by atoms with Crippen molar-refractivity contribution in [1.82, 2.24) is 19.2 Å². The highest BCUT2D eigenvalue weighted by atomic mass is 15.4. The average Bonchev–Trinajstić information content (AvgIpc) is 2.84. The Kier molecular flexibility index (Phi) is 3.39. The van der Waals surface area contributed by atoms with E-state index in [4.69, 9.17) is 4.99 Å². The molecular weight excluding hydrogens is 262 g/mol. The van der Waals surface area contributed by atoms with E-state index >= 15 is 0 Å². The van der Waals surface area contributed by atoms with Crippen LogP contribution in [0.5, 0.6) is 0 Å². The molecule has 0 radical (unpaired) electrons. The Morgan fingerprint density at radius 2 is 2.05 bits per heavy atom. The van der Waals surface area contributed by atoms with Crippen molar-refractivity contribution in [2.24, 2.45) is 12.0 Å². The highest BCUT2D eigenvalue weighted by Gasteiger charge is 2.05. The zero-order valence-electron chi connectivity index (χ0n) is 12.4. The summed E-state index contributed by atoms with van der Waals surface area (Å²) in [5.41, 5.74) is 3.85. The fourth-order valence-electron chi connectivity index (χ4n) is 2.19. The summed E-state index contributed by atoms with van der Waals surface area (Å²) in [4.78, 5) is 13.4. The third-order valence-electron chi connectivity index (χ3n) is 3.50. The summed E-state index contributed by atoms with van der Waals surface area (Å²) in [5.74, 6) is 0.638. The van der Waals surface area contributed by atoms with Crippen molar-refractivity contribution in [2.45, 2.75) is 13.8 Å². The SMILES string of the molecule is C/C=C(/C)c1ccccc1N=c1nc2ncccn2n1C. The van der Waals surface area contributed by atoms with Crippen molar-refractivity contribution in [3.8, 4) is 0 Å². The first-order chi connectivity index (χ1) is 10.2. The number of allylic oxidation sites excluding steroid dienone is 2. The number of hydrogen-bond acceptors (Lipinski definition) is 3. The van der Waals surface area contributed by atoms with E-state index in [9.17, 15) is 0 Å². The van der Waals surface area contributed by atoms with Gasteiger partial charge in [-0.3, -0.25) is 0 Å². The van der Waals surface area contributed by atoms with Crippen LogP contribution in [0.25, 0.3) is 11.4 Å². The zero-order chi connectivity index (χ0) is 14.8. The highest BCUT2D eigenvalue weighted by molar-refractivity contribution is 5.73. The molecule has 0 fully saturated rings. The van der Waals surface area contributed by atoms with Crippen LogP contribution in [0.2, 0.25) is 0 Å². The van der Waals surface area contributed by atoms with E-state index in [1.165, 1.54) is 5.57 Å². The molecule has 5 heteroatoms. The summed E-state index contributed by atoms with van der Waals surface area (Å²) in [7, 11) is 1.92. The molecule has 3 aromatic rings. The molecular formula is C16H17N5. The molecule has 0 bridgehead atoms. The van der Waals surface area contributed by atoms with Crippen LogP contribution in [0.1, 0.15) is 19.4 Å². The third kappa shape index (κ3) is 2.38. The van der Waals surface area contributed by atoms with E-state index in [0.29, 0.717) is 11.4 Å². The first kappa shape index (κ1) is 13.3. The molecule has 0 aliphatic heterocycles. The van der Waals surface area contributed by atoms with Gasteiger partial charge in [0.1, 0.15) is 0 Å². The molecule has 3 rings (SSSR count). The Balaban J connectivity index is 2.24. The van der Waals surface area contributed by atoms with Gasteiger partial charge in [-0.2, -0.15) is 4.98 Å². The molecule has 0 aliphatic rings. The van der Waals surface area contributed by atoms with Crippen LogP contribution in [0.4, 0.5) is 5.69 Å².